The lowest BCUT2D eigenvalue weighted by molar-refractivity contribution is -0.153. The zero-order valence-corrected chi connectivity index (χ0v) is 61.8. The van der Waals surface area contributed by atoms with E-state index in [0.29, 0.717) is 59.6 Å². The zero-order chi connectivity index (χ0) is 71.6. The van der Waals surface area contributed by atoms with E-state index in [4.69, 9.17) is 70.5 Å². The van der Waals surface area contributed by atoms with Gasteiger partial charge in [-0.25, -0.2) is 19.2 Å². The molecule has 2 fully saturated rings. The molecule has 2 saturated heterocycles. The Kier molecular flexibility index (Phi) is 31.9. The summed E-state index contributed by atoms with van der Waals surface area (Å²) in [5, 5.41) is 9.82. The topological polar surface area (TPSA) is 261 Å². The number of esters is 4. The molecule has 0 aliphatic carbocycles. The number of hydrogen-bond acceptors (Lipinski definition) is 22. The number of ether oxygens (including phenoxy) is 14. The summed E-state index contributed by atoms with van der Waals surface area (Å²) in [4.78, 5) is 53.1. The maximum atomic E-state index is 13.5. The van der Waals surface area contributed by atoms with Crippen molar-refractivity contribution in [2.45, 2.75) is 166 Å². The summed E-state index contributed by atoms with van der Waals surface area (Å²) in [5.41, 5.74) is 2.28. The summed E-state index contributed by atoms with van der Waals surface area (Å²) in [5.74, 6) is -2.60. The number of aliphatic hydroxyl groups excluding tert-OH is 1. The number of aliphatic hydroxyl groups is 1. The van der Waals surface area contributed by atoms with Crippen molar-refractivity contribution in [1.29, 1.82) is 0 Å². The number of carbonyl (C=O) groups is 4. The van der Waals surface area contributed by atoms with Gasteiger partial charge in [0.25, 0.3) is 10.1 Å². The van der Waals surface area contributed by atoms with Crippen LogP contribution in [0.4, 0.5) is 0 Å². The van der Waals surface area contributed by atoms with Gasteiger partial charge < -0.3 is 71.4 Å². The van der Waals surface area contributed by atoms with Gasteiger partial charge >= 0.3 is 23.9 Å². The molecule has 0 amide bonds. The molecule has 22 nitrogen and oxygen atoms in total. The smallest absolute Gasteiger partial charge is 0.342 e. The van der Waals surface area contributed by atoms with E-state index in [2.05, 4.69) is 39.3 Å². The van der Waals surface area contributed by atoms with Crippen LogP contribution in [-0.4, -0.2) is 176 Å². The molecule has 0 radical (unpaired) electrons. The predicted molar refractivity (Wildman–Crippen MR) is 374 cm³/mol. The Labute approximate surface area is 574 Å². The minimum absolute atomic E-state index is 0.0683. The zero-order valence-electron chi connectivity index (χ0n) is 59.0. The molecule has 0 aromatic heterocycles. The van der Waals surface area contributed by atoms with Crippen molar-refractivity contribution < 1.29 is 103 Å². The average Bonchev–Trinajstić information content (AvgIpc) is 1.70. The van der Waals surface area contributed by atoms with E-state index in [0.717, 1.165) is 18.3 Å². The average molecular weight is 1410 g/mol. The largest absolute Gasteiger partial charge is 0.497 e. The molecule has 2 aliphatic heterocycles. The van der Waals surface area contributed by atoms with E-state index in [-0.39, 0.29) is 55.8 Å². The molecular formula is C72H100O22SSi2. The molecule has 534 valence electrons. The van der Waals surface area contributed by atoms with Crippen LogP contribution in [0.2, 0.25) is 51.4 Å². The molecule has 0 saturated carbocycles. The van der Waals surface area contributed by atoms with Gasteiger partial charge in [0.2, 0.25) is 0 Å². The third-order valence-corrected chi connectivity index (χ3v) is 18.6. The second-order valence-electron chi connectivity index (χ2n) is 26.5. The summed E-state index contributed by atoms with van der Waals surface area (Å²) in [6, 6.07) is 25.6. The minimum atomic E-state index is -3.61. The first-order valence-electron chi connectivity index (χ1n) is 32.2. The van der Waals surface area contributed by atoms with E-state index >= 15 is 0 Å². The summed E-state index contributed by atoms with van der Waals surface area (Å²) >= 11 is 0. The van der Waals surface area contributed by atoms with E-state index in [1.807, 2.05) is 18.2 Å². The van der Waals surface area contributed by atoms with Crippen LogP contribution in [0.25, 0.3) is 12.2 Å². The highest BCUT2D eigenvalue weighted by Crippen LogP contribution is 2.38. The molecule has 97 heavy (non-hydrogen) atoms. The van der Waals surface area contributed by atoms with Crippen LogP contribution in [0.3, 0.4) is 0 Å². The van der Waals surface area contributed by atoms with Gasteiger partial charge in [-0.2, -0.15) is 8.42 Å². The fourth-order valence-electron chi connectivity index (χ4n) is 9.85. The maximum Gasteiger partial charge on any atom is 0.342 e. The standard InChI is InChI=1S/C36H50O12SSi.C36H50O10Si/c1-36(2)47-30(33(48-36)29(18-12-13-20-45-49(5,39)40)46-34(37)26-15-10-9-11-16-26)19-14-17-27-23-28(42-4)24-31(44-25-41-3)32(27)35(38)43-21-22-50(6,7)8;1-25(37)14-12-18-29(44-34(38)26-15-10-9-11-16-26)33-30(45-36(2,3)46-33)19-13-17-27-22-28(41-5)23-31(43-24-40-4)32(27)35(39)42-20-21-47(6,7)8/h9-12,14-18,23-24,29-30,33H,13,19-22,25H2,1-8H3;9-13,15-18,22-23,25,29-30,33,37H,14,19-21,24H2,1-8H3/b17-14+,18-12-;17-13+,18-12-/t29?,30-,33?;25?,29?,30-,33?/m00/s1. The highest BCUT2D eigenvalue weighted by Gasteiger charge is 2.47. The van der Waals surface area contributed by atoms with Gasteiger partial charge in [0.05, 0.1) is 69.7 Å². The molecular weight excluding hydrogens is 1310 g/mol. The van der Waals surface area contributed by atoms with Crippen molar-refractivity contribution in [1.82, 2.24) is 0 Å². The van der Waals surface area contributed by atoms with Crippen molar-refractivity contribution in [3.8, 4) is 23.0 Å². The normalized spacial score (nSPS) is 18.7. The first kappa shape index (κ1) is 80.7. The molecule has 4 aromatic carbocycles. The Morgan fingerprint density at radius 3 is 1.33 bits per heavy atom. The third kappa shape index (κ3) is 28.4. The van der Waals surface area contributed by atoms with Crippen LogP contribution in [-0.2, 0) is 61.7 Å². The van der Waals surface area contributed by atoms with Gasteiger partial charge in [0.1, 0.15) is 58.5 Å². The molecule has 25 heteroatoms. The van der Waals surface area contributed by atoms with Crippen LogP contribution in [0, 0.1) is 0 Å². The van der Waals surface area contributed by atoms with Crippen molar-refractivity contribution in [3.05, 3.63) is 155 Å². The number of hydrogen-bond donors (Lipinski definition) is 1. The highest BCUT2D eigenvalue weighted by molar-refractivity contribution is 7.86. The molecule has 0 bridgehead atoms. The number of benzene rings is 4. The monoisotopic (exact) mass is 1400 g/mol. The van der Waals surface area contributed by atoms with E-state index in [9.17, 15) is 32.7 Å². The van der Waals surface area contributed by atoms with Crippen molar-refractivity contribution >= 4 is 62.3 Å². The fraction of sp³-hybridized carbons (Fsp3) is 0.500. The predicted octanol–water partition coefficient (Wildman–Crippen LogP) is 12.9. The van der Waals surface area contributed by atoms with Gasteiger partial charge in [0.15, 0.2) is 25.2 Å². The summed E-state index contributed by atoms with van der Waals surface area (Å²) in [6.07, 6.45) is 11.5. The van der Waals surface area contributed by atoms with Gasteiger partial charge in [-0.1, -0.05) is 112 Å². The molecule has 1 N–H and O–H groups in total. The van der Waals surface area contributed by atoms with Crippen LogP contribution < -0.4 is 18.9 Å². The van der Waals surface area contributed by atoms with Crippen LogP contribution in [0.15, 0.2) is 121 Å². The number of rotatable bonds is 36. The van der Waals surface area contributed by atoms with Crippen molar-refractivity contribution in [3.63, 3.8) is 0 Å². The second-order valence-corrected chi connectivity index (χ2v) is 39.3. The van der Waals surface area contributed by atoms with Crippen molar-refractivity contribution in [2.75, 3.05) is 68.1 Å². The van der Waals surface area contributed by atoms with Gasteiger partial charge in [-0.15, -0.1) is 0 Å². The van der Waals surface area contributed by atoms with E-state index in [1.54, 1.807) is 150 Å². The SMILES string of the molecule is COCOc1cc(OC)cc(/C=C/C[C@@H]2OC(C)(C)OC2C(/C=C\CC(C)O)OC(=O)c2ccccc2)c1C(=O)OCC[Si](C)(C)C.COCOc1cc(OC)cc(/C=C/C[C@@H]2OC(C)(C)OC2C(/C=C\CCOS(C)(=O)=O)OC(=O)c2ccccc2)c1C(=O)OCC[Si](C)(C)C. The molecule has 5 unspecified atom stereocenters. The minimum Gasteiger partial charge on any atom is -0.497 e. The first-order valence-corrected chi connectivity index (χ1v) is 41.4. The lowest BCUT2D eigenvalue weighted by Crippen LogP contribution is -2.37. The number of methoxy groups -OCH3 is 4. The van der Waals surface area contributed by atoms with E-state index < -0.39 is 104 Å². The maximum absolute atomic E-state index is 13.5. The molecule has 6 rings (SSSR count). The highest BCUT2D eigenvalue weighted by atomic mass is 32.2. The first-order chi connectivity index (χ1) is 45.7. The van der Waals surface area contributed by atoms with E-state index in [1.165, 1.54) is 28.4 Å². The lowest BCUT2D eigenvalue weighted by Gasteiger charge is -2.24. The Hall–Kier alpha value is -7.02. The summed E-state index contributed by atoms with van der Waals surface area (Å²) in [7, 11) is -0.461. The molecule has 7 atom stereocenters. The summed E-state index contributed by atoms with van der Waals surface area (Å²) < 4.78 is 109. The molecule has 2 aliphatic rings. The lowest BCUT2D eigenvalue weighted by atomic mass is 10.0. The molecule has 2 heterocycles. The Bertz CT molecular complexity index is 3390. The second kappa shape index (κ2) is 38.4. The quantitative estimate of drug-likeness (QED) is 0.00843. The van der Waals surface area contributed by atoms with Crippen molar-refractivity contribution in [2.24, 2.45) is 0 Å². The Morgan fingerprint density at radius 1 is 0.567 bits per heavy atom. The van der Waals surface area contributed by atoms with Crippen LogP contribution in [0.1, 0.15) is 113 Å². The van der Waals surface area contributed by atoms with Crippen LogP contribution >= 0.6 is 0 Å². The Morgan fingerprint density at radius 2 is 0.969 bits per heavy atom. The van der Waals surface area contributed by atoms with Gasteiger partial charge in [-0.3, -0.25) is 4.18 Å². The fourth-order valence-corrected chi connectivity index (χ4v) is 11.7. The molecule has 4 aromatic rings. The molecule has 0 spiro atoms. The Balaban J connectivity index is 0.000000351. The van der Waals surface area contributed by atoms with Gasteiger partial charge in [-0.05, 0) is 132 Å². The number of carbonyl (C=O) groups excluding carboxylic acids is 4. The van der Waals surface area contributed by atoms with Crippen LogP contribution in [0.5, 0.6) is 23.0 Å². The van der Waals surface area contributed by atoms with Gasteiger partial charge in [0, 0.05) is 42.5 Å². The summed E-state index contributed by atoms with van der Waals surface area (Å²) in [6.45, 7) is 22.4. The third-order valence-electron chi connectivity index (χ3n) is 14.6.